The highest BCUT2D eigenvalue weighted by atomic mass is 32.2. The van der Waals surface area contributed by atoms with Crippen molar-refractivity contribution >= 4 is 11.1 Å². The van der Waals surface area contributed by atoms with Crippen LogP contribution < -0.4 is 4.74 Å². The van der Waals surface area contributed by atoms with Gasteiger partial charge in [-0.2, -0.15) is 0 Å². The van der Waals surface area contributed by atoms with Gasteiger partial charge in [0.15, 0.2) is 11.1 Å². The Morgan fingerprint density at radius 2 is 1.50 bits per heavy atom. The van der Waals surface area contributed by atoms with E-state index in [0.717, 1.165) is 11.3 Å². The lowest BCUT2D eigenvalue weighted by Crippen LogP contribution is -1.92. The molecule has 94 valence electrons. The second-order valence-corrected chi connectivity index (χ2v) is 4.96. The van der Waals surface area contributed by atoms with Gasteiger partial charge >= 0.3 is 0 Å². The molecule has 0 spiro atoms. The largest absolute Gasteiger partial charge is 0.457 e. The molecular weight excluding hydrogens is 248 g/mol. The topological polar surface area (TPSA) is 46.5 Å². The van der Waals surface area contributed by atoms with E-state index < -0.39 is 11.1 Å². The van der Waals surface area contributed by atoms with Crippen LogP contribution in [0.2, 0.25) is 0 Å². The van der Waals surface area contributed by atoms with Crippen molar-refractivity contribution in [3.05, 3.63) is 59.7 Å². The lowest BCUT2D eigenvalue weighted by Gasteiger charge is -2.06. The van der Waals surface area contributed by atoms with Gasteiger partial charge in [0.1, 0.15) is 11.5 Å². The molecule has 0 amide bonds. The van der Waals surface area contributed by atoms with E-state index >= 15 is 0 Å². The predicted octanol–water partition coefficient (Wildman–Crippen LogP) is 3.51. The number of ether oxygens (including phenoxy) is 1. The summed E-state index contributed by atoms with van der Waals surface area (Å²) in [6, 6.07) is 15.0. The van der Waals surface area contributed by atoms with Gasteiger partial charge in [0.2, 0.25) is 0 Å². The average Bonchev–Trinajstić information content (AvgIpc) is 2.34. The van der Waals surface area contributed by atoms with Crippen LogP contribution in [0, 0.1) is 6.92 Å². The number of benzene rings is 2. The Kier molecular flexibility index (Phi) is 4.12. The lowest BCUT2D eigenvalue weighted by molar-refractivity contribution is 0.482. The zero-order chi connectivity index (χ0) is 13.0. The van der Waals surface area contributed by atoms with Crippen LogP contribution in [0.25, 0.3) is 0 Å². The molecule has 0 radical (unpaired) electrons. The van der Waals surface area contributed by atoms with Crippen molar-refractivity contribution in [3.63, 3.8) is 0 Å². The molecule has 0 fully saturated rings. The van der Waals surface area contributed by atoms with Gasteiger partial charge in [-0.15, -0.1) is 0 Å². The van der Waals surface area contributed by atoms with Gasteiger partial charge in [0.25, 0.3) is 0 Å². The Morgan fingerprint density at radius 3 is 2.00 bits per heavy atom. The third kappa shape index (κ3) is 3.68. The summed E-state index contributed by atoms with van der Waals surface area (Å²) in [4.78, 5) is 0. The van der Waals surface area contributed by atoms with E-state index in [1.807, 2.05) is 31.2 Å². The molecule has 2 aromatic carbocycles. The molecule has 0 aromatic heterocycles. The zero-order valence-corrected chi connectivity index (χ0v) is 10.8. The molecule has 0 aliphatic rings. The fraction of sp³-hybridized carbons (Fsp3) is 0.143. The predicted molar refractivity (Wildman–Crippen MR) is 72.2 cm³/mol. The molecule has 0 aliphatic heterocycles. The standard InChI is InChI=1S/C14H14O3S/c1-11-2-6-13(7-3-11)17-14-8-4-12(5-9-14)10-18(15)16/h2-9H,10H2,1H3,(H,15,16). The Hall–Kier alpha value is -1.65. The van der Waals surface area contributed by atoms with Crippen molar-refractivity contribution < 1.29 is 13.5 Å². The molecule has 0 aliphatic carbocycles. The van der Waals surface area contributed by atoms with Crippen molar-refractivity contribution in [3.8, 4) is 11.5 Å². The number of aryl methyl sites for hydroxylation is 1. The van der Waals surface area contributed by atoms with Crippen molar-refractivity contribution in [2.24, 2.45) is 0 Å². The highest BCUT2D eigenvalue weighted by Gasteiger charge is 2.00. The van der Waals surface area contributed by atoms with E-state index in [9.17, 15) is 4.21 Å². The van der Waals surface area contributed by atoms with Crippen LogP contribution >= 0.6 is 0 Å². The van der Waals surface area contributed by atoms with Crippen LogP contribution in [-0.2, 0) is 16.8 Å². The van der Waals surface area contributed by atoms with Crippen molar-refractivity contribution in [2.75, 3.05) is 0 Å². The molecule has 4 heteroatoms. The molecule has 1 N–H and O–H groups in total. The Labute approximate surface area is 109 Å². The molecular formula is C14H14O3S. The van der Waals surface area contributed by atoms with Crippen molar-refractivity contribution in [1.29, 1.82) is 0 Å². The average molecular weight is 262 g/mol. The number of hydrogen-bond acceptors (Lipinski definition) is 2. The summed E-state index contributed by atoms with van der Waals surface area (Å²) in [6.45, 7) is 2.02. The van der Waals surface area contributed by atoms with Gasteiger partial charge in [0, 0.05) is 0 Å². The van der Waals surface area contributed by atoms with Gasteiger partial charge in [-0.1, -0.05) is 29.8 Å². The summed E-state index contributed by atoms with van der Waals surface area (Å²) < 4.78 is 25.1. The van der Waals surface area contributed by atoms with Crippen LogP contribution in [0.3, 0.4) is 0 Å². The fourth-order valence-corrected chi connectivity index (χ4v) is 2.02. The molecule has 2 rings (SSSR count). The summed E-state index contributed by atoms with van der Waals surface area (Å²) in [7, 11) is 0. The Morgan fingerprint density at radius 1 is 1.00 bits per heavy atom. The minimum Gasteiger partial charge on any atom is -0.457 e. The highest BCUT2D eigenvalue weighted by molar-refractivity contribution is 7.78. The Balaban J connectivity index is 2.06. The smallest absolute Gasteiger partial charge is 0.157 e. The van der Waals surface area contributed by atoms with Crippen LogP contribution in [0.1, 0.15) is 11.1 Å². The first-order valence-electron chi connectivity index (χ1n) is 5.54. The van der Waals surface area contributed by atoms with E-state index in [4.69, 9.17) is 9.29 Å². The summed E-state index contributed by atoms with van der Waals surface area (Å²) in [5, 5.41) is 0. The number of hydrogen-bond donors (Lipinski definition) is 1. The normalized spacial score (nSPS) is 12.1. The second-order valence-electron chi connectivity index (χ2n) is 4.02. The Bertz CT molecular complexity index is 532. The van der Waals surface area contributed by atoms with E-state index in [-0.39, 0.29) is 5.75 Å². The summed E-state index contributed by atoms with van der Waals surface area (Å²) in [5.74, 6) is 1.63. The molecule has 0 saturated heterocycles. The van der Waals surface area contributed by atoms with Gasteiger partial charge in [-0.3, -0.25) is 0 Å². The minimum absolute atomic E-state index is 0.144. The first-order chi connectivity index (χ1) is 8.63. The summed E-state index contributed by atoms with van der Waals surface area (Å²) in [6.07, 6.45) is 0. The quantitative estimate of drug-likeness (QED) is 0.858. The fourth-order valence-electron chi connectivity index (χ4n) is 1.54. The van der Waals surface area contributed by atoms with Gasteiger partial charge in [0.05, 0.1) is 5.75 Å². The first-order valence-corrected chi connectivity index (χ1v) is 6.82. The van der Waals surface area contributed by atoms with Gasteiger partial charge in [-0.05, 0) is 36.8 Å². The molecule has 0 saturated carbocycles. The highest BCUT2D eigenvalue weighted by Crippen LogP contribution is 2.22. The van der Waals surface area contributed by atoms with Crippen LogP contribution in [-0.4, -0.2) is 8.76 Å². The maximum atomic E-state index is 10.7. The van der Waals surface area contributed by atoms with E-state index in [0.29, 0.717) is 5.75 Å². The molecule has 1 atom stereocenters. The number of rotatable bonds is 4. The first kappa shape index (κ1) is 12.8. The molecule has 3 nitrogen and oxygen atoms in total. The zero-order valence-electron chi connectivity index (χ0n) is 10.00. The third-order valence-electron chi connectivity index (χ3n) is 2.47. The second kappa shape index (κ2) is 5.80. The summed E-state index contributed by atoms with van der Waals surface area (Å²) >= 11 is -1.80. The molecule has 0 heterocycles. The molecule has 0 bridgehead atoms. The maximum Gasteiger partial charge on any atom is 0.157 e. The summed E-state index contributed by atoms with van der Waals surface area (Å²) in [5.41, 5.74) is 2.00. The molecule has 2 aromatic rings. The monoisotopic (exact) mass is 262 g/mol. The lowest BCUT2D eigenvalue weighted by atomic mass is 10.2. The van der Waals surface area contributed by atoms with E-state index in [2.05, 4.69) is 0 Å². The third-order valence-corrected chi connectivity index (χ3v) is 3.05. The van der Waals surface area contributed by atoms with E-state index in [1.165, 1.54) is 5.56 Å². The SMILES string of the molecule is Cc1ccc(Oc2ccc(CS(=O)O)cc2)cc1. The van der Waals surface area contributed by atoms with Crippen LogP contribution in [0.15, 0.2) is 48.5 Å². The van der Waals surface area contributed by atoms with Crippen molar-refractivity contribution in [2.45, 2.75) is 12.7 Å². The molecule has 1 unspecified atom stereocenters. The van der Waals surface area contributed by atoms with E-state index in [1.54, 1.807) is 24.3 Å². The maximum absolute atomic E-state index is 10.7. The van der Waals surface area contributed by atoms with Gasteiger partial charge in [-0.25, -0.2) is 4.21 Å². The minimum atomic E-state index is -1.80. The van der Waals surface area contributed by atoms with Gasteiger partial charge < -0.3 is 9.29 Å². The molecule has 18 heavy (non-hydrogen) atoms. The van der Waals surface area contributed by atoms with Crippen LogP contribution in [0.5, 0.6) is 11.5 Å². The van der Waals surface area contributed by atoms with Crippen molar-refractivity contribution in [1.82, 2.24) is 0 Å². The van der Waals surface area contributed by atoms with Crippen LogP contribution in [0.4, 0.5) is 0 Å².